The van der Waals surface area contributed by atoms with E-state index in [2.05, 4.69) is 88.6 Å². The van der Waals surface area contributed by atoms with Crippen molar-refractivity contribution in [2.45, 2.75) is 40.0 Å². The molecular formula is C18H26Si2. The lowest BCUT2D eigenvalue weighted by Gasteiger charge is -2.39. The molecule has 2 aromatic rings. The lowest BCUT2D eigenvalue weighted by molar-refractivity contribution is 1.48. The van der Waals surface area contributed by atoms with Gasteiger partial charge in [0.2, 0.25) is 0 Å². The molecule has 0 radical (unpaired) electrons. The van der Waals surface area contributed by atoms with Crippen LogP contribution in [0.15, 0.2) is 48.5 Å². The zero-order valence-corrected chi connectivity index (χ0v) is 15.6. The maximum absolute atomic E-state index is 2.55. The van der Waals surface area contributed by atoms with Gasteiger partial charge in [0.05, 0.1) is 15.2 Å². The molecule has 2 heteroatoms. The maximum Gasteiger partial charge on any atom is 0.0791 e. The summed E-state index contributed by atoms with van der Waals surface area (Å²) in [6.45, 7) is 14.6. The van der Waals surface area contributed by atoms with Gasteiger partial charge in [0.15, 0.2) is 0 Å². The first-order chi connectivity index (χ1) is 9.25. The van der Waals surface area contributed by atoms with Gasteiger partial charge in [0.1, 0.15) is 0 Å². The third-order valence-electron chi connectivity index (χ3n) is 5.04. The largest absolute Gasteiger partial charge is 0.0791 e. The molecule has 2 aromatic carbocycles. The highest BCUT2D eigenvalue weighted by molar-refractivity contribution is 7.49. The van der Waals surface area contributed by atoms with E-state index in [-0.39, 0.29) is 0 Å². The second-order valence-corrected chi connectivity index (χ2v) is 22.1. The van der Waals surface area contributed by atoms with E-state index in [0.29, 0.717) is 0 Å². The summed E-state index contributed by atoms with van der Waals surface area (Å²) in [5, 5.41) is 3.21. The summed E-state index contributed by atoms with van der Waals surface area (Å²) in [6.07, 6.45) is 0. The molecule has 20 heavy (non-hydrogen) atoms. The molecule has 2 rings (SSSR count). The van der Waals surface area contributed by atoms with Crippen LogP contribution in [0.3, 0.4) is 0 Å². The quantitative estimate of drug-likeness (QED) is 0.754. The van der Waals surface area contributed by atoms with Crippen molar-refractivity contribution in [2.24, 2.45) is 0 Å². The van der Waals surface area contributed by atoms with E-state index >= 15 is 0 Å². The van der Waals surface area contributed by atoms with Crippen LogP contribution >= 0.6 is 0 Å². The Bertz CT molecular complexity index is 557. The van der Waals surface area contributed by atoms with E-state index in [4.69, 9.17) is 0 Å². The minimum absolute atomic E-state index is 1.39. The molecule has 0 nitrogen and oxygen atoms in total. The number of aryl methyl sites for hydroxylation is 2. The van der Waals surface area contributed by atoms with Crippen LogP contribution < -0.4 is 10.4 Å². The Morgan fingerprint density at radius 3 is 1.25 bits per heavy atom. The van der Waals surface area contributed by atoms with E-state index in [0.717, 1.165) is 0 Å². The van der Waals surface area contributed by atoms with E-state index in [1.807, 2.05) is 0 Å². The van der Waals surface area contributed by atoms with Crippen LogP contribution in [0.2, 0.25) is 26.2 Å². The summed E-state index contributed by atoms with van der Waals surface area (Å²) in [4.78, 5) is 0. The Balaban J connectivity index is 2.51. The fourth-order valence-corrected chi connectivity index (χ4v) is 11.7. The number of hydrogen-bond acceptors (Lipinski definition) is 0. The molecule has 0 unspecified atom stereocenters. The SMILES string of the molecule is Cc1cccc([Si](C)(C)[Si](C)(C)c2cccc(C)c2)c1. The molecule has 0 atom stereocenters. The van der Waals surface area contributed by atoms with Crippen LogP contribution in [0.25, 0.3) is 0 Å². The molecule has 0 aromatic heterocycles. The smallest absolute Gasteiger partial charge is 0.0671 e. The van der Waals surface area contributed by atoms with Crippen molar-refractivity contribution in [1.82, 2.24) is 0 Å². The maximum atomic E-state index is 2.55. The highest BCUT2D eigenvalue weighted by atomic mass is 29.3. The second-order valence-electron chi connectivity index (χ2n) is 6.99. The monoisotopic (exact) mass is 298 g/mol. The molecule has 0 aliphatic carbocycles. The van der Waals surface area contributed by atoms with Gasteiger partial charge in [-0.2, -0.15) is 0 Å². The summed E-state index contributed by atoms with van der Waals surface area (Å²) in [6, 6.07) is 18.4. The Labute approximate surface area is 125 Å². The number of rotatable bonds is 3. The first-order valence-corrected chi connectivity index (χ1v) is 14.4. The van der Waals surface area contributed by atoms with Crippen molar-refractivity contribution in [3.05, 3.63) is 59.7 Å². The van der Waals surface area contributed by atoms with Crippen molar-refractivity contribution >= 4 is 25.6 Å². The molecule has 0 aliphatic rings. The highest BCUT2D eigenvalue weighted by Gasteiger charge is 2.43. The van der Waals surface area contributed by atoms with Gasteiger partial charge in [0, 0.05) is 0 Å². The number of hydrogen-bond donors (Lipinski definition) is 0. The van der Waals surface area contributed by atoms with Gasteiger partial charge in [-0.1, -0.05) is 96.2 Å². The molecule has 0 amide bonds. The van der Waals surface area contributed by atoms with Gasteiger partial charge in [-0.25, -0.2) is 0 Å². The normalized spacial score (nSPS) is 12.5. The van der Waals surface area contributed by atoms with E-state index in [1.165, 1.54) is 11.1 Å². The van der Waals surface area contributed by atoms with Crippen molar-refractivity contribution < 1.29 is 0 Å². The third-order valence-corrected chi connectivity index (χ3v) is 22.8. The molecule has 0 spiro atoms. The molecule has 0 bridgehead atoms. The fourth-order valence-electron chi connectivity index (χ4n) is 2.79. The summed E-state index contributed by atoms with van der Waals surface area (Å²) in [5.41, 5.74) is 2.77. The Kier molecular flexibility index (Phi) is 4.08. The molecule has 0 saturated heterocycles. The highest BCUT2D eigenvalue weighted by Crippen LogP contribution is 2.20. The van der Waals surface area contributed by atoms with Crippen LogP contribution in [-0.2, 0) is 0 Å². The minimum atomic E-state index is -1.46. The first kappa shape index (κ1) is 15.3. The number of benzene rings is 2. The van der Waals surface area contributed by atoms with Crippen LogP contribution in [0.4, 0.5) is 0 Å². The van der Waals surface area contributed by atoms with Crippen LogP contribution in [0.1, 0.15) is 11.1 Å². The summed E-state index contributed by atoms with van der Waals surface area (Å²) in [7, 11) is -2.93. The molecule has 0 aliphatic heterocycles. The standard InChI is InChI=1S/C18H26Si2/c1-15-9-7-11-17(13-15)19(3,4)20(5,6)18-12-8-10-16(2)14-18/h7-14H,1-6H3. The summed E-state index contributed by atoms with van der Waals surface area (Å²) in [5.74, 6) is 0. The minimum Gasteiger partial charge on any atom is -0.0671 e. The topological polar surface area (TPSA) is 0 Å². The lowest BCUT2D eigenvalue weighted by atomic mass is 10.2. The Morgan fingerprint density at radius 1 is 0.600 bits per heavy atom. The Hall–Kier alpha value is -1.13. The first-order valence-electron chi connectivity index (χ1n) is 7.39. The second kappa shape index (κ2) is 5.34. The summed E-state index contributed by atoms with van der Waals surface area (Å²) >= 11 is 0. The molecule has 0 fully saturated rings. The van der Waals surface area contributed by atoms with Crippen LogP contribution in [0, 0.1) is 13.8 Å². The van der Waals surface area contributed by atoms with Gasteiger partial charge in [-0.3, -0.25) is 0 Å². The van der Waals surface area contributed by atoms with Gasteiger partial charge >= 0.3 is 0 Å². The van der Waals surface area contributed by atoms with Crippen molar-refractivity contribution in [3.63, 3.8) is 0 Å². The van der Waals surface area contributed by atoms with Gasteiger partial charge in [-0.15, -0.1) is 0 Å². The van der Waals surface area contributed by atoms with Crippen molar-refractivity contribution in [1.29, 1.82) is 0 Å². The summed E-state index contributed by atoms with van der Waals surface area (Å²) < 4.78 is 0. The predicted molar refractivity (Wildman–Crippen MR) is 96.6 cm³/mol. The van der Waals surface area contributed by atoms with Crippen LogP contribution in [-0.4, -0.2) is 15.2 Å². The van der Waals surface area contributed by atoms with Gasteiger partial charge in [0.25, 0.3) is 0 Å². The van der Waals surface area contributed by atoms with E-state index < -0.39 is 15.2 Å². The van der Waals surface area contributed by atoms with Crippen molar-refractivity contribution in [2.75, 3.05) is 0 Å². The fraction of sp³-hybridized carbons (Fsp3) is 0.333. The zero-order chi connectivity index (χ0) is 15.0. The molecule has 0 N–H and O–H groups in total. The lowest BCUT2D eigenvalue weighted by Crippen LogP contribution is -2.69. The zero-order valence-electron chi connectivity index (χ0n) is 13.6. The van der Waals surface area contributed by atoms with Gasteiger partial charge in [-0.05, 0) is 13.8 Å². The van der Waals surface area contributed by atoms with Gasteiger partial charge < -0.3 is 0 Å². The van der Waals surface area contributed by atoms with Crippen LogP contribution in [0.5, 0.6) is 0 Å². The predicted octanol–water partition coefficient (Wildman–Crippen LogP) is 3.91. The Morgan fingerprint density at radius 2 is 0.950 bits per heavy atom. The van der Waals surface area contributed by atoms with E-state index in [1.54, 1.807) is 10.4 Å². The molecule has 0 heterocycles. The third kappa shape index (κ3) is 2.67. The molecule has 106 valence electrons. The average Bonchev–Trinajstić information content (AvgIpc) is 2.38. The van der Waals surface area contributed by atoms with Crippen molar-refractivity contribution in [3.8, 4) is 0 Å². The average molecular weight is 299 g/mol. The van der Waals surface area contributed by atoms with E-state index in [9.17, 15) is 0 Å². The molecule has 0 saturated carbocycles. The molecular weight excluding hydrogens is 272 g/mol.